The van der Waals surface area contributed by atoms with E-state index in [-0.39, 0.29) is 5.91 Å². The van der Waals surface area contributed by atoms with Gasteiger partial charge in [-0.15, -0.1) is 0 Å². The minimum atomic E-state index is -0.522. The number of nitrogens with one attached hydrogen (secondary N) is 1. The summed E-state index contributed by atoms with van der Waals surface area (Å²) < 4.78 is 0. The lowest BCUT2D eigenvalue weighted by Crippen LogP contribution is -2.57. The molecule has 0 aromatic heterocycles. The highest BCUT2D eigenvalue weighted by atomic mass is 16.1. The minimum absolute atomic E-state index is 0.209. The lowest BCUT2D eigenvalue weighted by atomic mass is 9.69. The van der Waals surface area contributed by atoms with Crippen molar-refractivity contribution in [2.24, 2.45) is 11.1 Å². The minimum Gasteiger partial charge on any atom is -0.368 e. The molecule has 0 saturated heterocycles. The van der Waals surface area contributed by atoms with Gasteiger partial charge in [-0.3, -0.25) is 10.1 Å². The zero-order valence-corrected chi connectivity index (χ0v) is 11.9. The van der Waals surface area contributed by atoms with E-state index in [1.807, 2.05) is 18.2 Å². The zero-order chi connectivity index (χ0) is 13.9. The van der Waals surface area contributed by atoms with Crippen LogP contribution in [0.3, 0.4) is 0 Å². The molecule has 0 spiro atoms. The van der Waals surface area contributed by atoms with Crippen LogP contribution >= 0.6 is 0 Å². The summed E-state index contributed by atoms with van der Waals surface area (Å²) in [5.41, 5.74) is 6.65. The van der Waals surface area contributed by atoms with E-state index in [0.717, 1.165) is 25.7 Å². The highest BCUT2D eigenvalue weighted by Gasteiger charge is 2.42. The molecule has 3 heteroatoms. The second kappa shape index (κ2) is 5.33. The summed E-state index contributed by atoms with van der Waals surface area (Å²) in [4.78, 5) is 11.9. The van der Waals surface area contributed by atoms with Crippen LogP contribution in [0.2, 0.25) is 0 Å². The predicted molar refractivity (Wildman–Crippen MR) is 77.5 cm³/mol. The third-order valence-corrected chi connectivity index (χ3v) is 4.40. The van der Waals surface area contributed by atoms with Gasteiger partial charge in [0.25, 0.3) is 0 Å². The first-order valence-corrected chi connectivity index (χ1v) is 7.02. The first-order valence-electron chi connectivity index (χ1n) is 7.02. The van der Waals surface area contributed by atoms with Crippen molar-refractivity contribution < 1.29 is 4.79 Å². The van der Waals surface area contributed by atoms with Crippen molar-refractivity contribution in [1.29, 1.82) is 0 Å². The third-order valence-electron chi connectivity index (χ3n) is 4.40. The number of carbonyl (C=O) groups excluding carboxylic acids is 1. The molecule has 1 amide bonds. The summed E-state index contributed by atoms with van der Waals surface area (Å²) in [6.45, 7) is 5.22. The van der Waals surface area contributed by atoms with Gasteiger partial charge >= 0.3 is 0 Å². The van der Waals surface area contributed by atoms with Gasteiger partial charge in [-0.1, -0.05) is 44.2 Å². The molecule has 0 bridgehead atoms. The lowest BCUT2D eigenvalue weighted by molar-refractivity contribution is -0.126. The first kappa shape index (κ1) is 14.1. The van der Waals surface area contributed by atoms with Gasteiger partial charge in [0.2, 0.25) is 5.91 Å². The average molecular weight is 260 g/mol. The van der Waals surface area contributed by atoms with Gasteiger partial charge in [0.15, 0.2) is 0 Å². The second-order valence-corrected chi connectivity index (χ2v) is 6.45. The summed E-state index contributed by atoms with van der Waals surface area (Å²) in [6, 6.07) is 10.1. The summed E-state index contributed by atoms with van der Waals surface area (Å²) in [6.07, 6.45) is 3.75. The predicted octanol–water partition coefficient (Wildman–Crippen LogP) is 2.60. The average Bonchev–Trinajstić information content (AvgIpc) is 2.39. The van der Waals surface area contributed by atoms with Gasteiger partial charge in [0.05, 0.1) is 5.54 Å². The Morgan fingerprint density at radius 1 is 1.16 bits per heavy atom. The fraction of sp³-hybridized carbons (Fsp3) is 0.562. The molecule has 1 aromatic carbocycles. The standard InChI is InChI=1S/C16H24N2O/c1-15(2)8-10-16(11-9-15,14(17)19)18-12-13-6-4-3-5-7-13/h3-7,18H,8-12H2,1-2H3,(H2,17,19). The Labute approximate surface area is 115 Å². The highest BCUT2D eigenvalue weighted by molar-refractivity contribution is 5.84. The quantitative estimate of drug-likeness (QED) is 0.874. The molecule has 3 N–H and O–H groups in total. The molecule has 104 valence electrons. The van der Waals surface area contributed by atoms with Crippen molar-refractivity contribution in [1.82, 2.24) is 5.32 Å². The largest absolute Gasteiger partial charge is 0.368 e. The van der Waals surface area contributed by atoms with Crippen molar-refractivity contribution in [3.05, 3.63) is 35.9 Å². The molecule has 2 rings (SSSR count). The molecule has 0 radical (unpaired) electrons. The number of primary amides is 1. The Morgan fingerprint density at radius 2 is 1.74 bits per heavy atom. The maximum Gasteiger partial charge on any atom is 0.237 e. The molecule has 0 aliphatic heterocycles. The van der Waals surface area contributed by atoms with Crippen LogP contribution in [0.1, 0.15) is 45.1 Å². The second-order valence-electron chi connectivity index (χ2n) is 6.45. The van der Waals surface area contributed by atoms with Crippen LogP contribution in [0.25, 0.3) is 0 Å². The van der Waals surface area contributed by atoms with E-state index in [1.165, 1.54) is 5.56 Å². The summed E-state index contributed by atoms with van der Waals surface area (Å²) in [5, 5.41) is 3.41. The van der Waals surface area contributed by atoms with Gasteiger partial charge in [-0.2, -0.15) is 0 Å². The summed E-state index contributed by atoms with van der Waals surface area (Å²) in [7, 11) is 0. The zero-order valence-electron chi connectivity index (χ0n) is 11.9. The van der Waals surface area contributed by atoms with E-state index in [2.05, 4.69) is 31.3 Å². The van der Waals surface area contributed by atoms with E-state index in [0.29, 0.717) is 12.0 Å². The Balaban J connectivity index is 2.03. The Bertz CT molecular complexity index is 429. The molecule has 0 atom stereocenters. The molecule has 3 nitrogen and oxygen atoms in total. The third kappa shape index (κ3) is 3.35. The smallest absolute Gasteiger partial charge is 0.237 e. The van der Waals surface area contributed by atoms with Crippen LogP contribution in [0.5, 0.6) is 0 Å². The fourth-order valence-corrected chi connectivity index (χ4v) is 2.73. The molecular formula is C16H24N2O. The number of rotatable bonds is 4. The Hall–Kier alpha value is -1.35. The normalized spacial score (nSPS) is 20.9. The fourth-order valence-electron chi connectivity index (χ4n) is 2.73. The molecular weight excluding hydrogens is 236 g/mol. The van der Waals surface area contributed by atoms with Crippen LogP contribution in [0.4, 0.5) is 0 Å². The molecule has 1 aromatic rings. The van der Waals surface area contributed by atoms with E-state index < -0.39 is 5.54 Å². The number of carbonyl (C=O) groups is 1. The van der Waals surface area contributed by atoms with Crippen molar-refractivity contribution in [3.8, 4) is 0 Å². The van der Waals surface area contributed by atoms with Crippen LogP contribution in [-0.4, -0.2) is 11.4 Å². The highest BCUT2D eigenvalue weighted by Crippen LogP contribution is 2.40. The lowest BCUT2D eigenvalue weighted by Gasteiger charge is -2.42. The Kier molecular flexibility index (Phi) is 3.95. The topological polar surface area (TPSA) is 55.1 Å². The SMILES string of the molecule is CC1(C)CCC(NCc2ccccc2)(C(N)=O)CC1. The van der Waals surface area contributed by atoms with Crippen molar-refractivity contribution in [3.63, 3.8) is 0 Å². The van der Waals surface area contributed by atoms with Gasteiger partial charge < -0.3 is 5.73 Å². The van der Waals surface area contributed by atoms with Crippen LogP contribution < -0.4 is 11.1 Å². The van der Waals surface area contributed by atoms with Crippen LogP contribution in [-0.2, 0) is 11.3 Å². The van der Waals surface area contributed by atoms with E-state index in [4.69, 9.17) is 5.73 Å². The molecule has 0 unspecified atom stereocenters. The molecule has 0 heterocycles. The maximum atomic E-state index is 11.9. The number of benzene rings is 1. The van der Waals surface area contributed by atoms with Gasteiger partial charge in [0, 0.05) is 6.54 Å². The molecule has 1 saturated carbocycles. The molecule has 1 fully saturated rings. The number of hydrogen-bond donors (Lipinski definition) is 2. The number of hydrogen-bond acceptors (Lipinski definition) is 2. The van der Waals surface area contributed by atoms with Crippen LogP contribution in [0, 0.1) is 5.41 Å². The van der Waals surface area contributed by atoms with E-state index in [1.54, 1.807) is 0 Å². The first-order chi connectivity index (χ1) is 8.94. The van der Waals surface area contributed by atoms with Crippen molar-refractivity contribution >= 4 is 5.91 Å². The van der Waals surface area contributed by atoms with Gasteiger partial charge in [0.1, 0.15) is 0 Å². The molecule has 1 aliphatic rings. The summed E-state index contributed by atoms with van der Waals surface area (Å²) >= 11 is 0. The van der Waals surface area contributed by atoms with Crippen molar-refractivity contribution in [2.75, 3.05) is 0 Å². The maximum absolute atomic E-state index is 11.9. The monoisotopic (exact) mass is 260 g/mol. The van der Waals surface area contributed by atoms with Gasteiger partial charge in [-0.25, -0.2) is 0 Å². The van der Waals surface area contributed by atoms with Crippen molar-refractivity contribution in [2.45, 2.75) is 51.6 Å². The number of nitrogens with two attached hydrogens (primary N) is 1. The number of amides is 1. The molecule has 1 aliphatic carbocycles. The molecule has 19 heavy (non-hydrogen) atoms. The summed E-state index contributed by atoms with van der Waals surface area (Å²) in [5.74, 6) is -0.209. The Morgan fingerprint density at radius 3 is 2.26 bits per heavy atom. The van der Waals surface area contributed by atoms with E-state index >= 15 is 0 Å². The van der Waals surface area contributed by atoms with E-state index in [9.17, 15) is 4.79 Å². The van der Waals surface area contributed by atoms with Gasteiger partial charge in [-0.05, 0) is 36.7 Å². The van der Waals surface area contributed by atoms with Crippen LogP contribution in [0.15, 0.2) is 30.3 Å².